The molecule has 0 aromatic carbocycles. The summed E-state index contributed by atoms with van der Waals surface area (Å²) in [7, 11) is -3.66. The summed E-state index contributed by atoms with van der Waals surface area (Å²) in [4.78, 5) is 11.0. The molecule has 0 radical (unpaired) electrons. The van der Waals surface area contributed by atoms with Crippen molar-refractivity contribution in [2.45, 2.75) is 43.0 Å². The average molecular weight is 307 g/mol. The molecule has 0 spiro atoms. The van der Waals surface area contributed by atoms with Gasteiger partial charge in [0.2, 0.25) is 10.0 Å². The van der Waals surface area contributed by atoms with Gasteiger partial charge >= 0.3 is 5.97 Å². The van der Waals surface area contributed by atoms with Crippen molar-refractivity contribution in [2.24, 2.45) is 0 Å². The maximum atomic E-state index is 12.0. The second kappa shape index (κ2) is 6.47. The maximum absolute atomic E-state index is 12.0. The van der Waals surface area contributed by atoms with Gasteiger partial charge in [-0.3, -0.25) is 4.79 Å². The SMILES string of the molecule is CC(O)CC(C)NS(=O)(=O)c1ccc(CC(=O)O)s1. The highest BCUT2D eigenvalue weighted by atomic mass is 32.2. The number of hydrogen-bond acceptors (Lipinski definition) is 5. The van der Waals surface area contributed by atoms with Crippen LogP contribution in [0.15, 0.2) is 16.3 Å². The number of nitrogens with one attached hydrogen (secondary N) is 1. The van der Waals surface area contributed by atoms with Crippen LogP contribution in [-0.2, 0) is 21.2 Å². The van der Waals surface area contributed by atoms with Crippen molar-refractivity contribution < 1.29 is 23.4 Å². The summed E-state index contributed by atoms with van der Waals surface area (Å²) in [6.07, 6.45) is -0.473. The molecule has 0 amide bonds. The minimum atomic E-state index is -3.66. The van der Waals surface area contributed by atoms with E-state index in [-0.39, 0.29) is 10.6 Å². The summed E-state index contributed by atoms with van der Waals surface area (Å²) in [5.74, 6) is -0.999. The molecule has 0 saturated carbocycles. The average Bonchev–Trinajstić information content (AvgIpc) is 2.62. The molecule has 2 atom stereocenters. The number of carboxylic acid groups (broad SMARTS) is 1. The maximum Gasteiger partial charge on any atom is 0.308 e. The van der Waals surface area contributed by atoms with Gasteiger partial charge < -0.3 is 10.2 Å². The predicted octanol–water partition coefficient (Wildman–Crippen LogP) is 0.813. The zero-order chi connectivity index (χ0) is 14.6. The summed E-state index contributed by atoms with van der Waals surface area (Å²) >= 11 is 0.935. The number of sulfonamides is 1. The van der Waals surface area contributed by atoms with Crippen molar-refractivity contribution in [1.29, 1.82) is 0 Å². The van der Waals surface area contributed by atoms with E-state index in [4.69, 9.17) is 5.11 Å². The largest absolute Gasteiger partial charge is 0.481 e. The Morgan fingerprint density at radius 3 is 2.58 bits per heavy atom. The van der Waals surface area contributed by atoms with Crippen LogP contribution < -0.4 is 4.72 Å². The number of aliphatic hydroxyl groups excluding tert-OH is 1. The van der Waals surface area contributed by atoms with E-state index in [1.165, 1.54) is 12.1 Å². The third-order valence-electron chi connectivity index (χ3n) is 2.28. The highest BCUT2D eigenvalue weighted by molar-refractivity contribution is 7.91. The van der Waals surface area contributed by atoms with Gasteiger partial charge in [0.1, 0.15) is 4.21 Å². The predicted molar refractivity (Wildman–Crippen MR) is 71.7 cm³/mol. The molecule has 1 aromatic heterocycles. The molecule has 0 saturated heterocycles. The first-order valence-corrected chi connectivity index (χ1v) is 8.01. The molecule has 0 aliphatic carbocycles. The molecule has 19 heavy (non-hydrogen) atoms. The van der Waals surface area contributed by atoms with E-state index in [9.17, 15) is 18.3 Å². The van der Waals surface area contributed by atoms with Gasteiger partial charge in [0.15, 0.2) is 0 Å². The molecular formula is C11H17NO5S2. The Balaban J connectivity index is 2.77. The van der Waals surface area contributed by atoms with Crippen LogP contribution in [0.3, 0.4) is 0 Å². The van der Waals surface area contributed by atoms with Crippen LogP contribution in [0.4, 0.5) is 0 Å². The van der Waals surface area contributed by atoms with Crippen molar-refractivity contribution in [3.8, 4) is 0 Å². The van der Waals surface area contributed by atoms with Crippen LogP contribution in [0.1, 0.15) is 25.1 Å². The van der Waals surface area contributed by atoms with Crippen LogP contribution in [0.2, 0.25) is 0 Å². The van der Waals surface area contributed by atoms with Crippen molar-refractivity contribution in [3.63, 3.8) is 0 Å². The van der Waals surface area contributed by atoms with Crippen LogP contribution >= 0.6 is 11.3 Å². The van der Waals surface area contributed by atoms with Gasteiger partial charge in [-0.2, -0.15) is 0 Å². The van der Waals surface area contributed by atoms with Gasteiger partial charge in [-0.15, -0.1) is 11.3 Å². The fraction of sp³-hybridized carbons (Fsp3) is 0.545. The first-order valence-electron chi connectivity index (χ1n) is 5.71. The molecule has 1 heterocycles. The molecule has 0 aliphatic heterocycles. The van der Waals surface area contributed by atoms with Crippen LogP contribution in [0, 0.1) is 0 Å². The normalized spacial score (nSPS) is 15.1. The lowest BCUT2D eigenvalue weighted by Crippen LogP contribution is -2.34. The standard InChI is InChI=1S/C11H17NO5S2/c1-7(5-8(2)13)12-19(16,17)11-4-3-9(18-11)6-10(14)15/h3-4,7-8,12-13H,5-6H2,1-2H3,(H,14,15). The molecule has 1 aromatic rings. The van der Waals surface area contributed by atoms with Gasteiger partial charge in [0.05, 0.1) is 12.5 Å². The summed E-state index contributed by atoms with van der Waals surface area (Å²) < 4.78 is 26.5. The molecule has 0 aliphatic rings. The minimum absolute atomic E-state index is 0.0844. The Kier molecular flexibility index (Phi) is 5.48. The Morgan fingerprint density at radius 2 is 2.05 bits per heavy atom. The summed E-state index contributed by atoms with van der Waals surface area (Å²) in [6, 6.07) is 2.49. The molecule has 3 N–H and O–H groups in total. The van der Waals surface area contributed by atoms with Gasteiger partial charge in [-0.05, 0) is 32.4 Å². The highest BCUT2D eigenvalue weighted by Crippen LogP contribution is 2.22. The Bertz CT molecular complexity index is 535. The number of aliphatic hydroxyl groups is 1. The Morgan fingerprint density at radius 1 is 1.42 bits per heavy atom. The third kappa shape index (κ3) is 5.27. The van der Waals surface area contributed by atoms with E-state index in [1.54, 1.807) is 13.8 Å². The summed E-state index contributed by atoms with van der Waals surface area (Å²) in [5.41, 5.74) is 0. The minimum Gasteiger partial charge on any atom is -0.481 e. The van der Waals surface area contributed by atoms with Crippen molar-refractivity contribution in [3.05, 3.63) is 17.0 Å². The van der Waals surface area contributed by atoms with Crippen molar-refractivity contribution >= 4 is 27.3 Å². The summed E-state index contributed by atoms with van der Waals surface area (Å²) in [6.45, 7) is 3.25. The van der Waals surface area contributed by atoms with Gasteiger partial charge in [-0.25, -0.2) is 13.1 Å². The number of rotatable bonds is 7. The Labute approximate surface area is 116 Å². The number of thiophene rings is 1. The zero-order valence-electron chi connectivity index (χ0n) is 10.7. The van der Waals surface area contributed by atoms with E-state index in [2.05, 4.69) is 4.72 Å². The lowest BCUT2D eigenvalue weighted by Gasteiger charge is -2.14. The van der Waals surface area contributed by atoms with E-state index >= 15 is 0 Å². The van der Waals surface area contributed by atoms with Crippen LogP contribution in [0.5, 0.6) is 0 Å². The Hall–Kier alpha value is -0.960. The van der Waals surface area contributed by atoms with Crippen LogP contribution in [-0.4, -0.2) is 36.7 Å². The molecule has 0 bridgehead atoms. The molecule has 1 rings (SSSR count). The van der Waals surface area contributed by atoms with E-state index in [0.717, 1.165) is 11.3 Å². The fourth-order valence-electron chi connectivity index (χ4n) is 1.63. The monoisotopic (exact) mass is 307 g/mol. The first-order chi connectivity index (χ1) is 8.70. The smallest absolute Gasteiger partial charge is 0.308 e. The second-order valence-electron chi connectivity index (χ2n) is 4.40. The van der Waals surface area contributed by atoms with E-state index < -0.39 is 28.1 Å². The number of carboxylic acids is 1. The zero-order valence-corrected chi connectivity index (χ0v) is 12.3. The molecule has 2 unspecified atom stereocenters. The van der Waals surface area contributed by atoms with Crippen LogP contribution in [0.25, 0.3) is 0 Å². The lowest BCUT2D eigenvalue weighted by molar-refractivity contribution is -0.136. The molecule has 8 heteroatoms. The summed E-state index contributed by atoms with van der Waals surface area (Å²) in [5, 5.41) is 17.8. The highest BCUT2D eigenvalue weighted by Gasteiger charge is 2.20. The van der Waals surface area contributed by atoms with Crippen molar-refractivity contribution in [2.75, 3.05) is 0 Å². The quantitative estimate of drug-likeness (QED) is 0.691. The number of carbonyl (C=O) groups is 1. The molecule has 0 fully saturated rings. The molecular weight excluding hydrogens is 290 g/mol. The number of aliphatic carboxylic acids is 1. The molecule has 6 nitrogen and oxygen atoms in total. The lowest BCUT2D eigenvalue weighted by atomic mass is 10.2. The topological polar surface area (TPSA) is 104 Å². The van der Waals surface area contributed by atoms with Gasteiger partial charge in [-0.1, -0.05) is 0 Å². The number of hydrogen-bond donors (Lipinski definition) is 3. The second-order valence-corrected chi connectivity index (χ2v) is 7.51. The van der Waals surface area contributed by atoms with E-state index in [1.807, 2.05) is 0 Å². The van der Waals surface area contributed by atoms with E-state index in [0.29, 0.717) is 11.3 Å². The fourth-order valence-corrected chi connectivity index (χ4v) is 4.25. The third-order valence-corrected chi connectivity index (χ3v) is 5.44. The van der Waals surface area contributed by atoms with Gasteiger partial charge in [0, 0.05) is 10.9 Å². The first kappa shape index (κ1) is 16.1. The molecule has 108 valence electrons. The van der Waals surface area contributed by atoms with Crippen molar-refractivity contribution in [1.82, 2.24) is 4.72 Å². The van der Waals surface area contributed by atoms with Gasteiger partial charge in [0.25, 0.3) is 0 Å².